The molecule has 1 saturated heterocycles. The number of carbonyl (C=O) groups excluding carboxylic acids is 2. The predicted octanol–water partition coefficient (Wildman–Crippen LogP) is 1.44. The number of fused-ring (bicyclic) bond motifs is 1. The minimum atomic E-state index is -0.195. The van der Waals surface area contributed by atoms with Crippen molar-refractivity contribution in [1.82, 2.24) is 14.5 Å². The lowest BCUT2D eigenvalue weighted by molar-refractivity contribution is -0.120. The number of carbonyl (C=O) groups is 2. The fourth-order valence-corrected chi connectivity index (χ4v) is 4.79. The van der Waals surface area contributed by atoms with Crippen LogP contribution in [0.4, 0.5) is 0 Å². The Balaban J connectivity index is 1.55. The maximum Gasteiger partial charge on any atom is 0.274 e. The summed E-state index contributed by atoms with van der Waals surface area (Å²) in [6.07, 6.45) is 5.79. The molecule has 0 aromatic carbocycles. The summed E-state index contributed by atoms with van der Waals surface area (Å²) in [5.74, 6) is -0.0290. The molecular weight excluding hydrogens is 292 g/mol. The summed E-state index contributed by atoms with van der Waals surface area (Å²) >= 11 is 0. The summed E-state index contributed by atoms with van der Waals surface area (Å²) in [4.78, 5) is 30.7. The highest BCUT2D eigenvalue weighted by atomic mass is 16.2. The average Bonchev–Trinajstić information content (AvgIpc) is 3.24. The minimum Gasteiger partial charge on any atom is -0.369 e. The first-order valence-corrected chi connectivity index (χ1v) is 8.42. The average molecular weight is 316 g/mol. The number of likely N-dealkylation sites (tertiary alicyclic amines) is 1. The van der Waals surface area contributed by atoms with Crippen molar-refractivity contribution in [1.29, 1.82) is 0 Å². The Bertz CT molecular complexity index is 691. The van der Waals surface area contributed by atoms with Gasteiger partial charge in [0.2, 0.25) is 5.91 Å². The van der Waals surface area contributed by atoms with Crippen LogP contribution in [0.5, 0.6) is 0 Å². The van der Waals surface area contributed by atoms with Crippen molar-refractivity contribution in [3.63, 3.8) is 0 Å². The van der Waals surface area contributed by atoms with E-state index in [9.17, 15) is 9.59 Å². The van der Waals surface area contributed by atoms with E-state index in [2.05, 4.69) is 25.8 Å². The van der Waals surface area contributed by atoms with Gasteiger partial charge in [0.1, 0.15) is 5.69 Å². The second-order valence-corrected chi connectivity index (χ2v) is 8.07. The molecule has 124 valence electrons. The normalized spacial score (nSPS) is 33.7. The van der Waals surface area contributed by atoms with E-state index in [1.807, 2.05) is 15.7 Å². The van der Waals surface area contributed by atoms with Gasteiger partial charge in [-0.3, -0.25) is 9.59 Å². The zero-order valence-corrected chi connectivity index (χ0v) is 14.0. The van der Waals surface area contributed by atoms with Crippen LogP contribution < -0.4 is 5.73 Å². The van der Waals surface area contributed by atoms with Gasteiger partial charge >= 0.3 is 0 Å². The standard InChI is InChI=1S/C17H24N4O2/c1-10(2)21-7-12(19-9-21)15(23)20-6-11-13(14(18)22)17(11,8-20)16(3)4-5-16/h7,9-11,13H,4-6,8H2,1-3H3,(H2,18,22). The summed E-state index contributed by atoms with van der Waals surface area (Å²) in [7, 11) is 0. The van der Waals surface area contributed by atoms with Gasteiger partial charge in [0.25, 0.3) is 5.91 Å². The molecule has 0 spiro atoms. The van der Waals surface area contributed by atoms with Crippen LogP contribution in [0.1, 0.15) is 50.1 Å². The maximum absolute atomic E-state index is 12.7. The molecule has 1 aliphatic heterocycles. The quantitative estimate of drug-likeness (QED) is 0.912. The molecule has 23 heavy (non-hydrogen) atoms. The first-order chi connectivity index (χ1) is 10.8. The van der Waals surface area contributed by atoms with E-state index in [4.69, 9.17) is 5.73 Å². The van der Waals surface area contributed by atoms with Gasteiger partial charge in [0.15, 0.2) is 0 Å². The van der Waals surface area contributed by atoms with Crippen molar-refractivity contribution in [2.24, 2.45) is 28.4 Å². The number of aromatic nitrogens is 2. The Morgan fingerprint density at radius 2 is 2.09 bits per heavy atom. The number of nitrogens with two attached hydrogens (primary N) is 1. The van der Waals surface area contributed by atoms with E-state index in [0.29, 0.717) is 18.8 Å². The Kier molecular flexibility index (Phi) is 2.79. The van der Waals surface area contributed by atoms with Gasteiger partial charge in [0, 0.05) is 30.7 Å². The number of rotatable bonds is 4. The lowest BCUT2D eigenvalue weighted by Crippen LogP contribution is -2.38. The van der Waals surface area contributed by atoms with Crippen LogP contribution in [0.25, 0.3) is 0 Å². The number of primary amides is 1. The Morgan fingerprint density at radius 1 is 1.39 bits per heavy atom. The Hall–Kier alpha value is -1.85. The Morgan fingerprint density at radius 3 is 2.61 bits per heavy atom. The second kappa shape index (κ2) is 4.36. The van der Waals surface area contributed by atoms with Crippen LogP contribution in [0.3, 0.4) is 0 Å². The number of nitrogens with zero attached hydrogens (tertiary/aromatic N) is 3. The van der Waals surface area contributed by atoms with Gasteiger partial charge in [-0.25, -0.2) is 4.98 Å². The summed E-state index contributed by atoms with van der Waals surface area (Å²) in [6, 6.07) is 0.284. The lowest BCUT2D eigenvalue weighted by atomic mass is 9.84. The molecule has 3 unspecified atom stereocenters. The highest BCUT2D eigenvalue weighted by Gasteiger charge is 2.80. The molecule has 0 bridgehead atoms. The lowest BCUT2D eigenvalue weighted by Gasteiger charge is -2.26. The molecule has 3 atom stereocenters. The maximum atomic E-state index is 12.7. The van der Waals surface area contributed by atoms with Crippen molar-refractivity contribution >= 4 is 11.8 Å². The van der Waals surface area contributed by atoms with Crippen molar-refractivity contribution in [3.05, 3.63) is 18.2 Å². The zero-order valence-electron chi connectivity index (χ0n) is 14.0. The first kappa shape index (κ1) is 14.7. The molecule has 2 aliphatic carbocycles. The molecule has 2 heterocycles. The second-order valence-electron chi connectivity index (χ2n) is 8.07. The summed E-state index contributed by atoms with van der Waals surface area (Å²) in [5.41, 5.74) is 6.21. The third-order valence-corrected chi connectivity index (χ3v) is 6.51. The van der Waals surface area contributed by atoms with Crippen LogP contribution in [0, 0.1) is 22.7 Å². The third kappa shape index (κ3) is 1.83. The molecule has 0 radical (unpaired) electrons. The molecule has 3 aliphatic rings. The van der Waals surface area contributed by atoms with Crippen LogP contribution >= 0.6 is 0 Å². The minimum absolute atomic E-state index is 0.0246. The molecule has 6 heteroatoms. The molecule has 2 N–H and O–H groups in total. The fourth-order valence-electron chi connectivity index (χ4n) is 4.79. The topological polar surface area (TPSA) is 81.2 Å². The van der Waals surface area contributed by atoms with E-state index in [-0.39, 0.29) is 40.5 Å². The molecule has 2 saturated carbocycles. The summed E-state index contributed by atoms with van der Waals surface area (Å²) in [6.45, 7) is 7.64. The van der Waals surface area contributed by atoms with Crippen LogP contribution in [-0.2, 0) is 4.79 Å². The van der Waals surface area contributed by atoms with Crippen LogP contribution in [-0.4, -0.2) is 39.4 Å². The zero-order chi connectivity index (χ0) is 16.6. The largest absolute Gasteiger partial charge is 0.369 e. The van der Waals surface area contributed by atoms with Gasteiger partial charge in [0.05, 0.1) is 12.2 Å². The monoisotopic (exact) mass is 316 g/mol. The van der Waals surface area contributed by atoms with E-state index in [1.165, 1.54) is 0 Å². The van der Waals surface area contributed by atoms with E-state index >= 15 is 0 Å². The predicted molar refractivity (Wildman–Crippen MR) is 84.5 cm³/mol. The summed E-state index contributed by atoms with van der Waals surface area (Å²) < 4.78 is 1.94. The molecule has 2 amide bonds. The molecule has 3 fully saturated rings. The van der Waals surface area contributed by atoms with Crippen LogP contribution in [0.2, 0.25) is 0 Å². The van der Waals surface area contributed by atoms with Crippen molar-refractivity contribution in [2.45, 2.75) is 39.7 Å². The van der Waals surface area contributed by atoms with Gasteiger partial charge < -0.3 is 15.2 Å². The van der Waals surface area contributed by atoms with E-state index < -0.39 is 0 Å². The number of piperidine rings is 1. The van der Waals surface area contributed by atoms with Gasteiger partial charge in [-0.2, -0.15) is 0 Å². The molecule has 1 aromatic rings. The molecular formula is C17H24N4O2. The smallest absolute Gasteiger partial charge is 0.274 e. The third-order valence-electron chi connectivity index (χ3n) is 6.51. The van der Waals surface area contributed by atoms with Gasteiger partial charge in [-0.15, -0.1) is 0 Å². The highest BCUT2D eigenvalue weighted by Crippen LogP contribution is 2.78. The summed E-state index contributed by atoms with van der Waals surface area (Å²) in [5, 5.41) is 0. The van der Waals surface area contributed by atoms with Crippen molar-refractivity contribution in [3.8, 4) is 0 Å². The van der Waals surface area contributed by atoms with E-state index in [1.54, 1.807) is 6.33 Å². The molecule has 6 nitrogen and oxygen atoms in total. The highest BCUT2D eigenvalue weighted by molar-refractivity contribution is 5.93. The first-order valence-electron chi connectivity index (χ1n) is 8.42. The molecule has 1 aromatic heterocycles. The van der Waals surface area contributed by atoms with E-state index in [0.717, 1.165) is 12.8 Å². The SMILES string of the molecule is CC(C)n1cnc(C(=O)N2CC3C(C(N)=O)C3(C3(C)CC3)C2)c1. The number of hydrogen-bond acceptors (Lipinski definition) is 3. The molecule has 4 rings (SSSR count). The fraction of sp³-hybridized carbons (Fsp3) is 0.706. The van der Waals surface area contributed by atoms with Crippen LogP contribution in [0.15, 0.2) is 12.5 Å². The van der Waals surface area contributed by atoms with Crippen molar-refractivity contribution in [2.75, 3.05) is 13.1 Å². The number of amides is 2. The van der Waals surface area contributed by atoms with Crippen molar-refractivity contribution < 1.29 is 9.59 Å². The number of hydrogen-bond donors (Lipinski definition) is 1. The van der Waals surface area contributed by atoms with Gasteiger partial charge in [-0.1, -0.05) is 6.92 Å². The Labute approximate surface area is 136 Å². The van der Waals surface area contributed by atoms with Gasteiger partial charge in [-0.05, 0) is 38.0 Å². The number of imidazole rings is 1.